The molecule has 25 heavy (non-hydrogen) atoms. The summed E-state index contributed by atoms with van der Waals surface area (Å²) in [6.45, 7) is 2.83. The third-order valence-corrected chi connectivity index (χ3v) is 5.39. The van der Waals surface area contributed by atoms with Gasteiger partial charge in [-0.1, -0.05) is 6.07 Å². The van der Waals surface area contributed by atoms with Gasteiger partial charge >= 0.3 is 6.03 Å². The minimum Gasteiger partial charge on any atom is -0.381 e. The molecule has 2 aliphatic rings. The summed E-state index contributed by atoms with van der Waals surface area (Å²) in [5.74, 6) is 0.111. The first-order chi connectivity index (χ1) is 12.1. The van der Waals surface area contributed by atoms with E-state index in [2.05, 4.69) is 15.5 Å². The van der Waals surface area contributed by atoms with E-state index in [0.717, 1.165) is 32.4 Å². The molecule has 2 amide bonds. The molecule has 0 aromatic heterocycles. The SMILES string of the molecule is COC1CCC(N2CCCC(CNC(=O)Nc3cccc(F)c3)C2)C1. The molecule has 2 N–H and O–H groups in total. The highest BCUT2D eigenvalue weighted by molar-refractivity contribution is 5.89. The molecule has 138 valence electrons. The van der Waals surface area contributed by atoms with E-state index >= 15 is 0 Å². The minimum absolute atomic E-state index is 0.275. The van der Waals surface area contributed by atoms with Gasteiger partial charge in [0.1, 0.15) is 5.82 Å². The van der Waals surface area contributed by atoms with Gasteiger partial charge in [-0.3, -0.25) is 4.90 Å². The number of carbonyl (C=O) groups excluding carboxylic acids is 1. The van der Waals surface area contributed by atoms with Crippen molar-refractivity contribution in [1.82, 2.24) is 10.2 Å². The van der Waals surface area contributed by atoms with Crippen LogP contribution in [0.5, 0.6) is 0 Å². The Bertz CT molecular complexity index is 584. The Hall–Kier alpha value is -1.66. The fraction of sp³-hybridized carbons (Fsp3) is 0.632. The van der Waals surface area contributed by atoms with Gasteiger partial charge in [-0.25, -0.2) is 9.18 Å². The Labute approximate surface area is 148 Å². The number of hydrogen-bond acceptors (Lipinski definition) is 3. The number of methoxy groups -OCH3 is 1. The maximum Gasteiger partial charge on any atom is 0.319 e. The van der Waals surface area contributed by atoms with E-state index in [1.165, 1.54) is 25.0 Å². The first-order valence-corrected chi connectivity index (χ1v) is 9.21. The third-order valence-electron chi connectivity index (χ3n) is 5.39. The highest BCUT2D eigenvalue weighted by atomic mass is 19.1. The van der Waals surface area contributed by atoms with Crippen LogP contribution in [0.3, 0.4) is 0 Å². The second kappa shape index (κ2) is 8.63. The number of nitrogens with one attached hydrogen (secondary N) is 2. The second-order valence-corrected chi connectivity index (χ2v) is 7.17. The maximum atomic E-state index is 13.2. The fourth-order valence-corrected chi connectivity index (χ4v) is 4.04. The maximum absolute atomic E-state index is 13.2. The zero-order valence-electron chi connectivity index (χ0n) is 14.8. The lowest BCUT2D eigenvalue weighted by Gasteiger charge is -2.37. The van der Waals surface area contributed by atoms with Crippen LogP contribution in [-0.4, -0.2) is 49.8 Å². The lowest BCUT2D eigenvalue weighted by atomic mass is 9.96. The van der Waals surface area contributed by atoms with Gasteiger partial charge in [0.15, 0.2) is 0 Å². The van der Waals surface area contributed by atoms with Crippen molar-refractivity contribution >= 4 is 11.7 Å². The Morgan fingerprint density at radius 3 is 3.00 bits per heavy atom. The molecule has 1 saturated heterocycles. The Morgan fingerprint density at radius 1 is 1.36 bits per heavy atom. The van der Waals surface area contributed by atoms with Crippen LogP contribution in [0.25, 0.3) is 0 Å². The first-order valence-electron chi connectivity index (χ1n) is 9.21. The smallest absolute Gasteiger partial charge is 0.319 e. The molecule has 0 bridgehead atoms. The lowest BCUT2D eigenvalue weighted by molar-refractivity contribution is 0.0840. The number of amides is 2. The molecule has 1 heterocycles. The van der Waals surface area contributed by atoms with Crippen molar-refractivity contribution in [3.05, 3.63) is 30.1 Å². The van der Waals surface area contributed by atoms with Gasteiger partial charge in [-0.05, 0) is 62.8 Å². The third kappa shape index (κ3) is 5.16. The number of likely N-dealkylation sites (tertiary alicyclic amines) is 1. The van der Waals surface area contributed by atoms with Crippen LogP contribution < -0.4 is 10.6 Å². The van der Waals surface area contributed by atoms with Crippen LogP contribution in [0.1, 0.15) is 32.1 Å². The van der Waals surface area contributed by atoms with Crippen molar-refractivity contribution in [2.45, 2.75) is 44.2 Å². The summed E-state index contributed by atoms with van der Waals surface area (Å²) in [6.07, 6.45) is 6.19. The number of urea groups is 1. The summed E-state index contributed by atoms with van der Waals surface area (Å²) in [7, 11) is 1.80. The van der Waals surface area contributed by atoms with Gasteiger partial charge in [0, 0.05) is 31.9 Å². The van der Waals surface area contributed by atoms with E-state index in [9.17, 15) is 9.18 Å². The van der Waals surface area contributed by atoms with Crippen molar-refractivity contribution in [3.8, 4) is 0 Å². The normalized spacial score (nSPS) is 27.2. The van der Waals surface area contributed by atoms with E-state index in [4.69, 9.17) is 4.74 Å². The Kier molecular flexibility index (Phi) is 6.26. The minimum atomic E-state index is -0.355. The van der Waals surface area contributed by atoms with Crippen molar-refractivity contribution < 1.29 is 13.9 Å². The van der Waals surface area contributed by atoms with Crippen molar-refractivity contribution in [1.29, 1.82) is 0 Å². The molecule has 6 heteroatoms. The molecular formula is C19H28FN3O2. The monoisotopic (exact) mass is 349 g/mol. The van der Waals surface area contributed by atoms with Crippen molar-refractivity contribution in [2.24, 2.45) is 5.92 Å². The Morgan fingerprint density at radius 2 is 2.24 bits per heavy atom. The molecule has 1 aliphatic carbocycles. The number of benzene rings is 1. The predicted octanol–water partition coefficient (Wildman–Crippen LogP) is 3.23. The molecule has 3 unspecified atom stereocenters. The zero-order valence-corrected chi connectivity index (χ0v) is 14.8. The zero-order chi connectivity index (χ0) is 17.6. The number of anilines is 1. The molecule has 1 aromatic carbocycles. The van der Waals surface area contributed by atoms with E-state index in [1.807, 2.05) is 0 Å². The quantitative estimate of drug-likeness (QED) is 0.858. The highest BCUT2D eigenvalue weighted by Crippen LogP contribution is 2.29. The largest absolute Gasteiger partial charge is 0.381 e. The molecule has 1 aromatic rings. The molecule has 3 atom stereocenters. The van der Waals surface area contributed by atoms with E-state index in [0.29, 0.717) is 30.3 Å². The van der Waals surface area contributed by atoms with Crippen LogP contribution in [0.4, 0.5) is 14.9 Å². The molecule has 5 nitrogen and oxygen atoms in total. The van der Waals surface area contributed by atoms with Crippen LogP contribution in [0, 0.1) is 11.7 Å². The van der Waals surface area contributed by atoms with Gasteiger partial charge in [0.05, 0.1) is 6.10 Å². The predicted molar refractivity (Wildman–Crippen MR) is 96.2 cm³/mol. The number of hydrogen-bond donors (Lipinski definition) is 2. The molecule has 3 rings (SSSR count). The number of rotatable bonds is 5. The summed E-state index contributed by atoms with van der Waals surface area (Å²) in [4.78, 5) is 14.6. The molecular weight excluding hydrogens is 321 g/mol. The van der Waals surface area contributed by atoms with Gasteiger partial charge in [0.25, 0.3) is 0 Å². The molecule has 1 saturated carbocycles. The highest BCUT2D eigenvalue weighted by Gasteiger charge is 2.32. The number of piperidine rings is 1. The summed E-state index contributed by atoms with van der Waals surface area (Å²) >= 11 is 0. The second-order valence-electron chi connectivity index (χ2n) is 7.17. The Balaban J connectivity index is 1.42. The van der Waals surface area contributed by atoms with Gasteiger partial charge in [-0.15, -0.1) is 0 Å². The van der Waals surface area contributed by atoms with E-state index < -0.39 is 0 Å². The number of ether oxygens (including phenoxy) is 1. The van der Waals surface area contributed by atoms with E-state index in [1.54, 1.807) is 19.2 Å². The topological polar surface area (TPSA) is 53.6 Å². The van der Waals surface area contributed by atoms with Gasteiger partial charge < -0.3 is 15.4 Å². The summed E-state index contributed by atoms with van der Waals surface area (Å²) in [5, 5.41) is 5.61. The standard InChI is InChI=1S/C19H28FN3O2/c1-25-18-8-7-17(11-18)23-9-3-4-14(13-23)12-21-19(24)22-16-6-2-5-15(20)10-16/h2,5-6,10,14,17-18H,3-4,7-9,11-13H2,1H3,(H2,21,22,24). The van der Waals surface area contributed by atoms with Gasteiger partial charge in [-0.2, -0.15) is 0 Å². The van der Waals surface area contributed by atoms with Crippen LogP contribution in [0.2, 0.25) is 0 Å². The van der Waals surface area contributed by atoms with Crippen molar-refractivity contribution in [3.63, 3.8) is 0 Å². The van der Waals surface area contributed by atoms with E-state index in [-0.39, 0.29) is 11.8 Å². The van der Waals surface area contributed by atoms with Crippen LogP contribution in [0.15, 0.2) is 24.3 Å². The fourth-order valence-electron chi connectivity index (χ4n) is 4.04. The number of carbonyl (C=O) groups is 1. The number of nitrogens with zero attached hydrogens (tertiary/aromatic N) is 1. The van der Waals surface area contributed by atoms with Crippen LogP contribution >= 0.6 is 0 Å². The summed E-state index contributed by atoms with van der Waals surface area (Å²) in [6, 6.07) is 6.28. The van der Waals surface area contributed by atoms with Crippen LogP contribution in [-0.2, 0) is 4.74 Å². The van der Waals surface area contributed by atoms with Gasteiger partial charge in [0.2, 0.25) is 0 Å². The average Bonchev–Trinajstić information content (AvgIpc) is 3.09. The van der Waals surface area contributed by atoms with Crippen molar-refractivity contribution in [2.75, 3.05) is 32.1 Å². The number of halogens is 1. The molecule has 2 fully saturated rings. The molecule has 1 aliphatic heterocycles. The average molecular weight is 349 g/mol. The summed E-state index contributed by atoms with van der Waals surface area (Å²) < 4.78 is 18.6. The molecule has 0 radical (unpaired) electrons. The lowest BCUT2D eigenvalue weighted by Crippen LogP contribution is -2.45. The first kappa shape index (κ1) is 18.1. The summed E-state index contributed by atoms with van der Waals surface area (Å²) in [5.41, 5.74) is 0.472. The molecule has 0 spiro atoms.